The minimum Gasteiger partial charge on any atom is -0.465 e. The molecule has 1 spiro atoms. The average molecular weight is 301 g/mol. The van der Waals surface area contributed by atoms with Crippen molar-refractivity contribution in [2.45, 2.75) is 30.8 Å². The summed E-state index contributed by atoms with van der Waals surface area (Å²) in [6.07, 6.45) is 0.739. The van der Waals surface area contributed by atoms with Gasteiger partial charge in [-0.05, 0) is 19.9 Å². The van der Waals surface area contributed by atoms with Crippen LogP contribution in [0.5, 0.6) is 0 Å². The fourth-order valence-electron chi connectivity index (χ4n) is 2.84. The van der Waals surface area contributed by atoms with E-state index in [1.54, 1.807) is 19.9 Å². The third-order valence-electron chi connectivity index (χ3n) is 3.89. The lowest BCUT2D eigenvalue weighted by Crippen LogP contribution is -2.54. The highest BCUT2D eigenvalue weighted by molar-refractivity contribution is 7.89. The molecule has 0 bridgehead atoms. The van der Waals surface area contributed by atoms with Crippen LogP contribution in [0.15, 0.2) is 15.4 Å². The Balaban J connectivity index is 1.89. The largest absolute Gasteiger partial charge is 0.465 e. The Kier molecular flexibility index (Phi) is 3.40. The second kappa shape index (κ2) is 4.84. The molecule has 2 aliphatic heterocycles. The van der Waals surface area contributed by atoms with Crippen LogP contribution in [0.1, 0.15) is 17.9 Å². The molecule has 0 unspecified atom stereocenters. The van der Waals surface area contributed by atoms with Crippen LogP contribution >= 0.6 is 0 Å². The third-order valence-corrected chi connectivity index (χ3v) is 5.85. The summed E-state index contributed by atoms with van der Waals surface area (Å²) >= 11 is 0. The van der Waals surface area contributed by atoms with E-state index in [1.807, 2.05) is 0 Å². The van der Waals surface area contributed by atoms with E-state index in [0.717, 1.165) is 6.42 Å². The van der Waals surface area contributed by atoms with Crippen molar-refractivity contribution in [3.63, 3.8) is 0 Å². The van der Waals surface area contributed by atoms with Gasteiger partial charge in [0.15, 0.2) is 0 Å². The maximum atomic E-state index is 12.7. The molecule has 112 valence electrons. The van der Waals surface area contributed by atoms with Crippen molar-refractivity contribution in [2.75, 3.05) is 32.9 Å². The molecule has 0 radical (unpaired) electrons. The van der Waals surface area contributed by atoms with Gasteiger partial charge in [-0.2, -0.15) is 4.31 Å². The van der Waals surface area contributed by atoms with Gasteiger partial charge in [0.1, 0.15) is 22.0 Å². The van der Waals surface area contributed by atoms with Gasteiger partial charge in [0.05, 0.1) is 13.2 Å². The van der Waals surface area contributed by atoms with Crippen LogP contribution in [0, 0.1) is 13.8 Å². The zero-order chi connectivity index (χ0) is 14.4. The number of hydrogen-bond acceptors (Lipinski definition) is 5. The van der Waals surface area contributed by atoms with Crippen molar-refractivity contribution in [3.05, 3.63) is 17.6 Å². The first-order valence-electron chi connectivity index (χ1n) is 6.72. The Bertz CT molecular complexity index is 600. The Hall–Kier alpha value is -0.890. The predicted octanol–water partition coefficient (Wildman–Crippen LogP) is 1.08. The lowest BCUT2D eigenvalue weighted by atomic mass is 10.0. The second-order valence-electron chi connectivity index (χ2n) is 5.45. The molecule has 2 fully saturated rings. The van der Waals surface area contributed by atoms with Crippen molar-refractivity contribution in [1.29, 1.82) is 0 Å². The van der Waals surface area contributed by atoms with E-state index < -0.39 is 15.6 Å². The van der Waals surface area contributed by atoms with Crippen molar-refractivity contribution >= 4 is 10.0 Å². The summed E-state index contributed by atoms with van der Waals surface area (Å²) in [4.78, 5) is 0.256. The van der Waals surface area contributed by atoms with E-state index in [2.05, 4.69) is 0 Å². The van der Waals surface area contributed by atoms with Crippen LogP contribution in [0.25, 0.3) is 0 Å². The van der Waals surface area contributed by atoms with Gasteiger partial charge in [-0.3, -0.25) is 0 Å². The lowest BCUT2D eigenvalue weighted by Gasteiger charge is -2.38. The highest BCUT2D eigenvalue weighted by atomic mass is 32.2. The maximum absolute atomic E-state index is 12.7. The van der Waals surface area contributed by atoms with Gasteiger partial charge in [0.25, 0.3) is 0 Å². The van der Waals surface area contributed by atoms with Crippen molar-refractivity contribution in [1.82, 2.24) is 4.31 Å². The Morgan fingerprint density at radius 1 is 1.30 bits per heavy atom. The van der Waals surface area contributed by atoms with Crippen LogP contribution in [0.2, 0.25) is 0 Å². The smallest absolute Gasteiger partial charge is 0.246 e. The number of hydrogen-bond donors (Lipinski definition) is 0. The minimum absolute atomic E-state index is 0.256. The predicted molar refractivity (Wildman–Crippen MR) is 71.1 cm³/mol. The first kappa shape index (κ1) is 14.1. The Morgan fingerprint density at radius 3 is 2.70 bits per heavy atom. The monoisotopic (exact) mass is 301 g/mol. The van der Waals surface area contributed by atoms with Crippen molar-refractivity contribution in [3.8, 4) is 0 Å². The SMILES string of the molecule is Cc1cc(S(=O)(=O)N2CCO[C@@]3(CCOC3)C2)c(C)o1. The maximum Gasteiger partial charge on any atom is 0.246 e. The Morgan fingerprint density at radius 2 is 2.10 bits per heavy atom. The van der Waals surface area contributed by atoms with E-state index in [1.165, 1.54) is 4.31 Å². The van der Waals surface area contributed by atoms with Gasteiger partial charge in [0.2, 0.25) is 10.0 Å². The summed E-state index contributed by atoms with van der Waals surface area (Å²) in [6, 6.07) is 1.58. The molecule has 0 aliphatic carbocycles. The molecule has 1 aromatic heterocycles. The number of sulfonamides is 1. The summed E-state index contributed by atoms with van der Waals surface area (Å²) < 4.78 is 43.4. The number of nitrogens with zero attached hydrogens (tertiary/aromatic N) is 1. The van der Waals surface area contributed by atoms with Gasteiger partial charge in [0, 0.05) is 26.1 Å². The molecule has 1 atom stereocenters. The zero-order valence-electron chi connectivity index (χ0n) is 11.7. The van der Waals surface area contributed by atoms with Gasteiger partial charge in [-0.1, -0.05) is 0 Å². The minimum atomic E-state index is -3.53. The van der Waals surface area contributed by atoms with Crippen LogP contribution in [-0.4, -0.2) is 51.2 Å². The van der Waals surface area contributed by atoms with E-state index in [-0.39, 0.29) is 4.90 Å². The zero-order valence-corrected chi connectivity index (χ0v) is 12.5. The van der Waals surface area contributed by atoms with E-state index in [0.29, 0.717) is 44.4 Å². The molecular formula is C13H19NO5S. The molecule has 1 aromatic rings. The molecule has 2 saturated heterocycles. The summed E-state index contributed by atoms with van der Waals surface area (Å²) in [7, 11) is -3.53. The fraction of sp³-hybridized carbons (Fsp3) is 0.692. The Labute approximate surface area is 118 Å². The standard InChI is InChI=1S/C13H19NO5S/c1-10-7-12(11(2)19-10)20(15,16)14-4-6-18-13(8-14)3-5-17-9-13/h7H,3-6,8-9H2,1-2H3/t13-/m0/s1. The summed E-state index contributed by atoms with van der Waals surface area (Å²) in [5.41, 5.74) is -0.474. The molecule has 7 heteroatoms. The first-order chi connectivity index (χ1) is 9.43. The summed E-state index contributed by atoms with van der Waals surface area (Å²) in [5.74, 6) is 1.04. The summed E-state index contributed by atoms with van der Waals surface area (Å²) in [5, 5.41) is 0. The highest BCUT2D eigenvalue weighted by Crippen LogP contribution is 2.31. The second-order valence-corrected chi connectivity index (χ2v) is 7.36. The number of furan rings is 1. The van der Waals surface area contributed by atoms with E-state index >= 15 is 0 Å². The van der Waals surface area contributed by atoms with Crippen LogP contribution in [0.3, 0.4) is 0 Å². The molecule has 3 rings (SSSR count). The molecule has 0 N–H and O–H groups in total. The van der Waals surface area contributed by atoms with Gasteiger partial charge in [-0.25, -0.2) is 8.42 Å². The number of aryl methyl sites for hydroxylation is 2. The lowest BCUT2D eigenvalue weighted by molar-refractivity contribution is -0.0897. The topological polar surface area (TPSA) is 69.0 Å². The van der Waals surface area contributed by atoms with Crippen molar-refractivity contribution < 1.29 is 22.3 Å². The molecule has 20 heavy (non-hydrogen) atoms. The quantitative estimate of drug-likeness (QED) is 0.817. The molecule has 0 saturated carbocycles. The summed E-state index contributed by atoms with van der Waals surface area (Å²) in [6.45, 7) is 5.62. The van der Waals surface area contributed by atoms with E-state index in [9.17, 15) is 8.42 Å². The molecule has 6 nitrogen and oxygen atoms in total. The molecule has 0 amide bonds. The normalized spacial score (nSPS) is 28.3. The van der Waals surface area contributed by atoms with E-state index in [4.69, 9.17) is 13.9 Å². The molecule has 2 aliphatic rings. The van der Waals surface area contributed by atoms with Crippen molar-refractivity contribution in [2.24, 2.45) is 0 Å². The van der Waals surface area contributed by atoms with Crippen LogP contribution < -0.4 is 0 Å². The van der Waals surface area contributed by atoms with Gasteiger partial charge >= 0.3 is 0 Å². The molecule has 3 heterocycles. The third kappa shape index (κ3) is 2.28. The van der Waals surface area contributed by atoms with Crippen LogP contribution in [-0.2, 0) is 19.5 Å². The molecular weight excluding hydrogens is 282 g/mol. The van der Waals surface area contributed by atoms with Crippen LogP contribution in [0.4, 0.5) is 0 Å². The number of ether oxygens (including phenoxy) is 2. The first-order valence-corrected chi connectivity index (χ1v) is 8.16. The van der Waals surface area contributed by atoms with Gasteiger partial charge in [-0.15, -0.1) is 0 Å². The average Bonchev–Trinajstić information content (AvgIpc) is 2.97. The molecule has 0 aromatic carbocycles. The fourth-order valence-corrected chi connectivity index (χ4v) is 4.56. The number of morpholine rings is 1. The van der Waals surface area contributed by atoms with Gasteiger partial charge < -0.3 is 13.9 Å². The highest BCUT2D eigenvalue weighted by Gasteiger charge is 2.44. The number of rotatable bonds is 2.